The van der Waals surface area contributed by atoms with Gasteiger partial charge in [-0.25, -0.2) is 0 Å². The van der Waals surface area contributed by atoms with Gasteiger partial charge in [0, 0.05) is 35.6 Å². The highest BCUT2D eigenvalue weighted by atomic mass is 35.5. The molecule has 0 heterocycles. The molecule has 0 spiro atoms. The zero-order valence-corrected chi connectivity index (χ0v) is 19.5. The van der Waals surface area contributed by atoms with E-state index in [4.69, 9.17) is 32.7 Å². The van der Waals surface area contributed by atoms with Gasteiger partial charge in [0.25, 0.3) is 0 Å². The first-order valence-electron chi connectivity index (χ1n) is 10.1. The Morgan fingerprint density at radius 3 is 2.23 bits per heavy atom. The number of carbonyl (C=O) groups is 2. The van der Waals surface area contributed by atoms with Crippen molar-refractivity contribution in [3.63, 3.8) is 0 Å². The molecule has 31 heavy (non-hydrogen) atoms. The molecule has 2 amide bonds. The van der Waals surface area contributed by atoms with Crippen LogP contribution in [0.25, 0.3) is 0 Å². The molecule has 0 aliphatic rings. The Kier molecular flexibility index (Phi) is 9.95. The smallest absolute Gasteiger partial charge is 0.242 e. The number of hydrogen-bond acceptors (Lipinski definition) is 4. The van der Waals surface area contributed by atoms with Crippen molar-refractivity contribution >= 4 is 35.0 Å². The van der Waals surface area contributed by atoms with Crippen molar-refractivity contribution in [3.05, 3.63) is 58.1 Å². The summed E-state index contributed by atoms with van der Waals surface area (Å²) in [5, 5.41) is 3.55. The molecule has 0 unspecified atom stereocenters. The van der Waals surface area contributed by atoms with Gasteiger partial charge in [-0.1, -0.05) is 36.2 Å². The van der Waals surface area contributed by atoms with E-state index in [1.807, 2.05) is 31.2 Å². The van der Waals surface area contributed by atoms with Crippen LogP contribution in [0.2, 0.25) is 10.0 Å². The quantitative estimate of drug-likeness (QED) is 0.486. The van der Waals surface area contributed by atoms with Crippen LogP contribution in [-0.2, 0) is 16.1 Å². The number of benzene rings is 2. The van der Waals surface area contributed by atoms with Crippen LogP contribution in [0.5, 0.6) is 11.5 Å². The Balaban J connectivity index is 2.05. The highest BCUT2D eigenvalue weighted by Crippen LogP contribution is 2.27. The number of carbonyl (C=O) groups excluding carboxylic acids is 2. The van der Waals surface area contributed by atoms with Crippen molar-refractivity contribution < 1.29 is 19.1 Å². The molecule has 2 aromatic carbocycles. The van der Waals surface area contributed by atoms with Gasteiger partial charge in [0.15, 0.2) is 0 Å². The molecule has 0 fully saturated rings. The Hall–Kier alpha value is -2.44. The van der Waals surface area contributed by atoms with Gasteiger partial charge < -0.3 is 19.7 Å². The summed E-state index contributed by atoms with van der Waals surface area (Å²) < 4.78 is 10.8. The topological polar surface area (TPSA) is 67.9 Å². The van der Waals surface area contributed by atoms with Gasteiger partial charge in [0.1, 0.15) is 17.5 Å². The van der Waals surface area contributed by atoms with E-state index in [9.17, 15) is 9.59 Å². The number of nitrogens with one attached hydrogen (secondary N) is 1. The summed E-state index contributed by atoms with van der Waals surface area (Å²) in [4.78, 5) is 27.0. The molecular weight excluding hydrogens is 439 g/mol. The lowest BCUT2D eigenvalue weighted by Gasteiger charge is -2.31. The van der Waals surface area contributed by atoms with Crippen LogP contribution in [0.3, 0.4) is 0 Å². The monoisotopic (exact) mass is 466 g/mol. The van der Waals surface area contributed by atoms with Gasteiger partial charge in [-0.05, 0) is 49.2 Å². The van der Waals surface area contributed by atoms with Crippen molar-refractivity contribution in [2.75, 3.05) is 20.8 Å². The maximum absolute atomic E-state index is 13.1. The molecule has 0 aromatic heterocycles. The van der Waals surface area contributed by atoms with Crippen LogP contribution in [0.15, 0.2) is 42.5 Å². The van der Waals surface area contributed by atoms with E-state index >= 15 is 0 Å². The Labute approximate surface area is 193 Å². The molecule has 0 aliphatic carbocycles. The minimum Gasteiger partial charge on any atom is -0.497 e. The minimum absolute atomic E-state index is 0.155. The highest BCUT2D eigenvalue weighted by molar-refractivity contribution is 6.36. The second kappa shape index (κ2) is 12.4. The Bertz CT molecular complexity index is 854. The lowest BCUT2D eigenvalue weighted by Crippen LogP contribution is -2.48. The molecular formula is C23H28Cl2N2O4. The maximum atomic E-state index is 13.1. The summed E-state index contributed by atoms with van der Waals surface area (Å²) >= 11 is 12.6. The third-order valence-corrected chi connectivity index (χ3v) is 5.59. The van der Waals surface area contributed by atoms with E-state index in [0.717, 1.165) is 5.75 Å². The second-order valence-electron chi connectivity index (χ2n) is 6.89. The Morgan fingerprint density at radius 2 is 1.68 bits per heavy atom. The van der Waals surface area contributed by atoms with Crippen LogP contribution in [0.1, 0.15) is 31.7 Å². The van der Waals surface area contributed by atoms with Crippen molar-refractivity contribution in [3.8, 4) is 11.5 Å². The normalized spacial score (nSPS) is 11.5. The Morgan fingerprint density at radius 1 is 1.06 bits per heavy atom. The maximum Gasteiger partial charge on any atom is 0.242 e. The van der Waals surface area contributed by atoms with Crippen LogP contribution < -0.4 is 14.8 Å². The van der Waals surface area contributed by atoms with Crippen LogP contribution >= 0.6 is 23.2 Å². The third-order valence-electron chi connectivity index (χ3n) is 4.89. The summed E-state index contributed by atoms with van der Waals surface area (Å²) in [6.07, 6.45) is 1.20. The molecule has 2 rings (SSSR count). The van der Waals surface area contributed by atoms with Gasteiger partial charge >= 0.3 is 0 Å². The molecule has 0 saturated carbocycles. The second-order valence-corrected chi connectivity index (χ2v) is 7.70. The van der Waals surface area contributed by atoms with Gasteiger partial charge in [-0.3, -0.25) is 9.59 Å². The SMILES string of the molecule is CC[C@@H](C(=O)NC)N(Cc1c(Cl)cccc1Cl)C(=O)CCCOc1ccc(OC)cc1. The molecule has 168 valence electrons. The lowest BCUT2D eigenvalue weighted by molar-refractivity contribution is -0.141. The minimum atomic E-state index is -0.618. The zero-order chi connectivity index (χ0) is 22.8. The zero-order valence-electron chi connectivity index (χ0n) is 18.0. The molecule has 6 nitrogen and oxygen atoms in total. The van der Waals surface area contributed by atoms with Crippen LogP contribution in [0, 0.1) is 0 Å². The van der Waals surface area contributed by atoms with E-state index in [0.29, 0.717) is 40.8 Å². The lowest BCUT2D eigenvalue weighted by atomic mass is 10.1. The van der Waals surface area contributed by atoms with Crippen molar-refractivity contribution in [1.82, 2.24) is 10.2 Å². The van der Waals surface area contributed by atoms with E-state index < -0.39 is 6.04 Å². The van der Waals surface area contributed by atoms with E-state index in [1.54, 1.807) is 37.3 Å². The molecule has 0 bridgehead atoms. The average molecular weight is 467 g/mol. The van der Waals surface area contributed by atoms with Gasteiger partial charge in [-0.15, -0.1) is 0 Å². The van der Waals surface area contributed by atoms with Crippen molar-refractivity contribution in [2.45, 2.75) is 38.8 Å². The number of amides is 2. The number of likely N-dealkylation sites (N-methyl/N-ethyl adjacent to an activating group) is 1. The predicted molar refractivity (Wildman–Crippen MR) is 123 cm³/mol. The molecule has 1 atom stereocenters. The van der Waals surface area contributed by atoms with Crippen LogP contribution in [0.4, 0.5) is 0 Å². The molecule has 8 heteroatoms. The molecule has 2 aromatic rings. The molecule has 0 saturated heterocycles. The largest absolute Gasteiger partial charge is 0.497 e. The number of nitrogens with zero attached hydrogens (tertiary/aromatic N) is 1. The molecule has 1 N–H and O–H groups in total. The fourth-order valence-corrected chi connectivity index (χ4v) is 3.69. The number of methoxy groups -OCH3 is 1. The first kappa shape index (κ1) is 24.8. The summed E-state index contributed by atoms with van der Waals surface area (Å²) in [6.45, 7) is 2.39. The van der Waals surface area contributed by atoms with E-state index in [1.165, 1.54) is 0 Å². The van der Waals surface area contributed by atoms with E-state index in [-0.39, 0.29) is 24.8 Å². The molecule has 0 radical (unpaired) electrons. The van der Waals surface area contributed by atoms with Crippen LogP contribution in [-0.4, -0.2) is 43.5 Å². The van der Waals surface area contributed by atoms with E-state index in [2.05, 4.69) is 5.32 Å². The standard InChI is InChI=1S/C23H28Cl2N2O4/c1-4-21(23(29)26-2)27(15-18-19(24)7-5-8-20(18)25)22(28)9-6-14-31-17-12-10-16(30-3)11-13-17/h5,7-8,10-13,21H,4,6,9,14-15H2,1-3H3,(H,26,29)/t21-/m0/s1. The number of rotatable bonds is 11. The summed E-state index contributed by atoms with van der Waals surface area (Å²) in [5.41, 5.74) is 0.621. The summed E-state index contributed by atoms with van der Waals surface area (Å²) in [6, 6.07) is 11.8. The number of ether oxygens (including phenoxy) is 2. The van der Waals surface area contributed by atoms with Crippen molar-refractivity contribution in [1.29, 1.82) is 0 Å². The summed E-state index contributed by atoms with van der Waals surface area (Å²) in [7, 11) is 3.16. The van der Waals surface area contributed by atoms with Gasteiger partial charge in [0.05, 0.1) is 13.7 Å². The number of halogens is 2. The average Bonchev–Trinajstić information content (AvgIpc) is 2.78. The predicted octanol–water partition coefficient (Wildman–Crippen LogP) is 4.71. The fraction of sp³-hybridized carbons (Fsp3) is 0.391. The number of hydrogen-bond donors (Lipinski definition) is 1. The summed E-state index contributed by atoms with van der Waals surface area (Å²) in [5.74, 6) is 1.05. The van der Waals surface area contributed by atoms with Crippen molar-refractivity contribution in [2.24, 2.45) is 0 Å². The first-order chi connectivity index (χ1) is 14.9. The molecule has 0 aliphatic heterocycles. The highest BCUT2D eigenvalue weighted by Gasteiger charge is 2.28. The first-order valence-corrected chi connectivity index (χ1v) is 10.9. The van der Waals surface area contributed by atoms with Gasteiger partial charge in [0.2, 0.25) is 11.8 Å². The van der Waals surface area contributed by atoms with Gasteiger partial charge in [-0.2, -0.15) is 0 Å². The fourth-order valence-electron chi connectivity index (χ4n) is 3.17. The third kappa shape index (κ3) is 7.04.